The van der Waals surface area contributed by atoms with Crippen molar-refractivity contribution in [2.24, 2.45) is 0 Å². The number of hydrogen-bond acceptors (Lipinski definition) is 4. The number of benzene rings is 10. The molecule has 0 bridgehead atoms. The van der Waals surface area contributed by atoms with Crippen LogP contribution >= 0.6 is 0 Å². The molecule has 0 fully saturated rings. The zero-order chi connectivity index (χ0) is 42.4. The Morgan fingerprint density at radius 3 is 1.50 bits per heavy atom. The van der Waals surface area contributed by atoms with Gasteiger partial charge in [0.1, 0.15) is 0 Å². The Balaban J connectivity index is 0.967. The molecule has 4 nitrogen and oxygen atoms in total. The SMILES string of the molecule is c1ccc(N(c2ccccc2)c2ccc(N(c3ccc(-c4ccc(-c5c6ccccc6nc6c5ccc5cccnc56)c5ccccc45)cc3)c3ccc4ccccc4c3)cc2)cc1. The third-order valence-electron chi connectivity index (χ3n) is 12.4. The number of hydrogen-bond donors (Lipinski definition) is 0. The predicted octanol–water partition coefficient (Wildman–Crippen LogP) is 16.5. The lowest BCUT2D eigenvalue weighted by molar-refractivity contribution is 1.26. The van der Waals surface area contributed by atoms with Gasteiger partial charge in [0.15, 0.2) is 0 Å². The van der Waals surface area contributed by atoms with E-state index in [0.29, 0.717) is 0 Å². The number of anilines is 6. The molecule has 300 valence electrons. The smallest absolute Gasteiger partial charge is 0.0978 e. The van der Waals surface area contributed by atoms with Gasteiger partial charge in [-0.2, -0.15) is 0 Å². The van der Waals surface area contributed by atoms with Gasteiger partial charge in [-0.3, -0.25) is 4.98 Å². The van der Waals surface area contributed by atoms with Gasteiger partial charge in [0, 0.05) is 62.0 Å². The first-order valence-corrected chi connectivity index (χ1v) is 21.7. The summed E-state index contributed by atoms with van der Waals surface area (Å²) < 4.78 is 0. The Bertz CT molecular complexity index is 3620. The van der Waals surface area contributed by atoms with E-state index < -0.39 is 0 Å². The highest BCUT2D eigenvalue weighted by Gasteiger charge is 2.20. The fourth-order valence-corrected chi connectivity index (χ4v) is 9.46. The van der Waals surface area contributed by atoms with Gasteiger partial charge in [0.25, 0.3) is 0 Å². The maximum absolute atomic E-state index is 5.19. The molecular formula is C60H40N4. The Labute approximate surface area is 371 Å². The monoisotopic (exact) mass is 816 g/mol. The first-order chi connectivity index (χ1) is 31.7. The lowest BCUT2D eigenvalue weighted by Crippen LogP contribution is -2.12. The summed E-state index contributed by atoms with van der Waals surface area (Å²) in [7, 11) is 0. The highest BCUT2D eigenvalue weighted by atomic mass is 15.2. The van der Waals surface area contributed by atoms with Gasteiger partial charge in [0.2, 0.25) is 0 Å². The average Bonchev–Trinajstić information content (AvgIpc) is 3.37. The van der Waals surface area contributed by atoms with Crippen LogP contribution in [0.1, 0.15) is 0 Å². The molecule has 0 unspecified atom stereocenters. The summed E-state index contributed by atoms with van der Waals surface area (Å²) in [5.74, 6) is 0. The van der Waals surface area contributed by atoms with Crippen LogP contribution < -0.4 is 9.80 Å². The van der Waals surface area contributed by atoms with E-state index >= 15 is 0 Å². The molecular weight excluding hydrogens is 777 g/mol. The molecule has 4 heteroatoms. The highest BCUT2D eigenvalue weighted by Crippen LogP contribution is 2.44. The topological polar surface area (TPSA) is 32.3 Å². The highest BCUT2D eigenvalue weighted by molar-refractivity contribution is 6.20. The van der Waals surface area contributed by atoms with Gasteiger partial charge < -0.3 is 9.80 Å². The Morgan fingerprint density at radius 1 is 0.297 bits per heavy atom. The first-order valence-electron chi connectivity index (χ1n) is 21.7. The van der Waals surface area contributed by atoms with E-state index in [1.165, 1.54) is 38.2 Å². The second-order valence-corrected chi connectivity index (χ2v) is 16.2. The van der Waals surface area contributed by atoms with E-state index in [-0.39, 0.29) is 0 Å². The van der Waals surface area contributed by atoms with E-state index in [9.17, 15) is 0 Å². The maximum Gasteiger partial charge on any atom is 0.0978 e. The summed E-state index contributed by atoms with van der Waals surface area (Å²) in [6.45, 7) is 0. The normalized spacial score (nSPS) is 11.4. The second-order valence-electron chi connectivity index (χ2n) is 16.2. The summed E-state index contributed by atoms with van der Waals surface area (Å²) in [4.78, 5) is 14.6. The molecule has 0 spiro atoms. The van der Waals surface area contributed by atoms with Gasteiger partial charge in [-0.25, -0.2) is 4.98 Å². The maximum atomic E-state index is 5.19. The van der Waals surface area contributed by atoms with Crippen molar-refractivity contribution in [3.05, 3.63) is 243 Å². The van der Waals surface area contributed by atoms with Crippen LogP contribution in [0.15, 0.2) is 243 Å². The van der Waals surface area contributed by atoms with Gasteiger partial charge in [-0.15, -0.1) is 0 Å². The van der Waals surface area contributed by atoms with E-state index in [0.717, 1.165) is 72.4 Å². The van der Waals surface area contributed by atoms with Crippen molar-refractivity contribution >= 4 is 88.4 Å². The molecule has 10 aromatic carbocycles. The minimum absolute atomic E-state index is 0.919. The minimum Gasteiger partial charge on any atom is -0.311 e. The van der Waals surface area contributed by atoms with Crippen LogP contribution in [-0.2, 0) is 0 Å². The Kier molecular flexibility index (Phi) is 9.12. The summed E-state index contributed by atoms with van der Waals surface area (Å²) >= 11 is 0. The molecule has 0 aliphatic carbocycles. The van der Waals surface area contributed by atoms with Gasteiger partial charge >= 0.3 is 0 Å². The fourth-order valence-electron chi connectivity index (χ4n) is 9.46. The predicted molar refractivity (Wildman–Crippen MR) is 270 cm³/mol. The van der Waals surface area contributed by atoms with E-state index in [1.54, 1.807) is 0 Å². The lowest BCUT2D eigenvalue weighted by Gasteiger charge is -2.28. The van der Waals surface area contributed by atoms with Crippen LogP contribution in [-0.4, -0.2) is 9.97 Å². The van der Waals surface area contributed by atoms with Crippen LogP contribution in [0.5, 0.6) is 0 Å². The number of fused-ring (bicyclic) bond motifs is 6. The van der Waals surface area contributed by atoms with E-state index in [4.69, 9.17) is 9.97 Å². The number of para-hydroxylation sites is 3. The van der Waals surface area contributed by atoms with Crippen LogP contribution in [0.25, 0.3) is 76.5 Å². The molecule has 64 heavy (non-hydrogen) atoms. The third kappa shape index (κ3) is 6.48. The summed E-state index contributed by atoms with van der Waals surface area (Å²) in [5, 5.41) is 8.12. The first kappa shape index (κ1) is 37.2. The van der Waals surface area contributed by atoms with Crippen LogP contribution in [0.4, 0.5) is 34.1 Å². The van der Waals surface area contributed by atoms with Crippen molar-refractivity contribution < 1.29 is 0 Å². The van der Waals surface area contributed by atoms with Crippen molar-refractivity contribution in [3.63, 3.8) is 0 Å². The van der Waals surface area contributed by atoms with Crippen molar-refractivity contribution in [1.82, 2.24) is 9.97 Å². The molecule has 0 aliphatic rings. The van der Waals surface area contributed by atoms with Gasteiger partial charge in [-0.1, -0.05) is 152 Å². The number of pyridine rings is 2. The Morgan fingerprint density at radius 2 is 0.797 bits per heavy atom. The molecule has 0 radical (unpaired) electrons. The number of nitrogens with zero attached hydrogens (tertiary/aromatic N) is 4. The molecule has 0 saturated heterocycles. The average molecular weight is 817 g/mol. The molecule has 0 N–H and O–H groups in total. The molecule has 2 aromatic heterocycles. The molecule has 12 aromatic rings. The quantitative estimate of drug-likeness (QED) is 0.113. The molecule has 0 amide bonds. The lowest BCUT2D eigenvalue weighted by atomic mass is 9.88. The Hall–Kier alpha value is -8.60. The summed E-state index contributed by atoms with van der Waals surface area (Å²) in [5.41, 5.74) is 14.0. The zero-order valence-corrected chi connectivity index (χ0v) is 34.9. The van der Waals surface area contributed by atoms with Crippen LogP contribution in [0.3, 0.4) is 0 Å². The zero-order valence-electron chi connectivity index (χ0n) is 34.9. The molecule has 0 atom stereocenters. The molecule has 2 heterocycles. The number of rotatable bonds is 8. The van der Waals surface area contributed by atoms with Crippen molar-refractivity contribution in [1.29, 1.82) is 0 Å². The summed E-state index contributed by atoms with van der Waals surface area (Å²) in [6.07, 6.45) is 1.86. The van der Waals surface area contributed by atoms with E-state index in [2.05, 4.69) is 240 Å². The fraction of sp³-hybridized carbons (Fsp3) is 0. The second kappa shape index (κ2) is 15.7. The van der Waals surface area contributed by atoms with Gasteiger partial charge in [0.05, 0.1) is 16.6 Å². The minimum atomic E-state index is 0.919. The molecule has 12 rings (SSSR count). The van der Waals surface area contributed by atoms with Crippen molar-refractivity contribution in [2.45, 2.75) is 0 Å². The standard InChI is InChI=1S/C60H40N4/c1-3-17-45(18-4-1)63(46-19-5-2-6-20-46)48-32-34-49(35-33-48)64(50-31-25-41-14-7-8-15-44(41)40-50)47-29-26-42(27-30-47)51-37-38-54(53-22-10-9-21-52(51)53)58-55-23-11-12-24-57(55)62-60-56(58)36-28-43-16-13-39-61-59(43)60/h1-40H. The van der Waals surface area contributed by atoms with E-state index in [1.807, 2.05) is 12.3 Å². The van der Waals surface area contributed by atoms with Crippen LogP contribution in [0.2, 0.25) is 0 Å². The van der Waals surface area contributed by atoms with Crippen molar-refractivity contribution in [3.8, 4) is 22.3 Å². The molecule has 0 aliphatic heterocycles. The number of aromatic nitrogens is 2. The third-order valence-corrected chi connectivity index (χ3v) is 12.4. The van der Waals surface area contributed by atoms with Crippen molar-refractivity contribution in [2.75, 3.05) is 9.80 Å². The summed E-state index contributed by atoms with van der Waals surface area (Å²) in [6, 6.07) is 84.7. The van der Waals surface area contributed by atoms with Gasteiger partial charge in [-0.05, 0) is 123 Å². The molecule has 0 saturated carbocycles. The van der Waals surface area contributed by atoms with Crippen LogP contribution in [0, 0.1) is 0 Å². The largest absolute Gasteiger partial charge is 0.311 e.